The molecule has 20 heavy (non-hydrogen) atoms. The van der Waals surface area contributed by atoms with Crippen LogP contribution in [0, 0.1) is 0 Å². The Hall–Kier alpha value is -2.34. The van der Waals surface area contributed by atoms with Crippen LogP contribution in [-0.2, 0) is 0 Å². The van der Waals surface area contributed by atoms with E-state index in [1.807, 2.05) is 19.0 Å². The fourth-order valence-electron chi connectivity index (χ4n) is 1.67. The predicted molar refractivity (Wildman–Crippen MR) is 80.2 cm³/mol. The molecule has 7 heteroatoms. The minimum Gasteiger partial charge on any atom is -0.397 e. The second-order valence-electron chi connectivity index (χ2n) is 4.36. The van der Waals surface area contributed by atoms with Crippen LogP contribution in [-0.4, -0.2) is 30.2 Å². The van der Waals surface area contributed by atoms with Crippen molar-refractivity contribution in [2.75, 3.05) is 30.0 Å². The normalized spacial score (nSPS) is 10.2. The molecule has 1 aromatic carbocycles. The van der Waals surface area contributed by atoms with Crippen molar-refractivity contribution in [1.82, 2.24) is 10.2 Å². The molecule has 0 aliphatic rings. The Labute approximate surface area is 121 Å². The summed E-state index contributed by atoms with van der Waals surface area (Å²) < 4.78 is 0. The Morgan fingerprint density at radius 1 is 1.25 bits per heavy atom. The van der Waals surface area contributed by atoms with E-state index in [4.69, 9.17) is 17.3 Å². The average Bonchev–Trinajstić information content (AvgIpc) is 2.40. The van der Waals surface area contributed by atoms with Crippen molar-refractivity contribution in [3.8, 4) is 0 Å². The number of carbonyl (C=O) groups excluding carboxylic acids is 1. The number of carbonyl (C=O) groups is 1. The standard InChI is InChI=1S/C13H14ClN5O/c1-19(2)10-4-3-8(7-9(10)15)13(20)16-12-6-5-11(14)17-18-12/h3-7H,15H2,1-2H3,(H,16,18,20). The second kappa shape index (κ2) is 5.75. The monoisotopic (exact) mass is 291 g/mol. The first-order chi connectivity index (χ1) is 9.47. The van der Waals surface area contributed by atoms with Gasteiger partial charge in [0, 0.05) is 19.7 Å². The lowest BCUT2D eigenvalue weighted by Crippen LogP contribution is -2.15. The van der Waals surface area contributed by atoms with E-state index in [0.29, 0.717) is 17.1 Å². The van der Waals surface area contributed by atoms with Crippen LogP contribution < -0.4 is 16.0 Å². The molecule has 0 spiro atoms. The molecule has 1 amide bonds. The molecule has 1 heterocycles. The highest BCUT2D eigenvalue weighted by Gasteiger charge is 2.10. The maximum absolute atomic E-state index is 12.1. The number of nitrogen functional groups attached to an aromatic ring is 1. The number of nitrogens with zero attached hydrogens (tertiary/aromatic N) is 3. The molecule has 3 N–H and O–H groups in total. The van der Waals surface area contributed by atoms with Crippen molar-refractivity contribution in [2.24, 2.45) is 0 Å². The second-order valence-corrected chi connectivity index (χ2v) is 4.75. The van der Waals surface area contributed by atoms with Gasteiger partial charge in [0.15, 0.2) is 11.0 Å². The average molecular weight is 292 g/mol. The van der Waals surface area contributed by atoms with Gasteiger partial charge < -0.3 is 16.0 Å². The molecule has 0 unspecified atom stereocenters. The maximum atomic E-state index is 12.1. The van der Waals surface area contributed by atoms with Gasteiger partial charge in [0.25, 0.3) is 5.91 Å². The number of benzene rings is 1. The number of nitrogens with one attached hydrogen (secondary N) is 1. The van der Waals surface area contributed by atoms with Gasteiger partial charge in [0.05, 0.1) is 11.4 Å². The molecule has 0 aliphatic heterocycles. The van der Waals surface area contributed by atoms with E-state index in [9.17, 15) is 4.79 Å². The Morgan fingerprint density at radius 3 is 2.55 bits per heavy atom. The van der Waals surface area contributed by atoms with Gasteiger partial charge in [-0.1, -0.05) is 11.6 Å². The Bertz CT molecular complexity index is 627. The van der Waals surface area contributed by atoms with E-state index in [-0.39, 0.29) is 11.1 Å². The van der Waals surface area contributed by atoms with Crippen molar-refractivity contribution in [1.29, 1.82) is 0 Å². The van der Waals surface area contributed by atoms with Crippen LogP contribution in [0.1, 0.15) is 10.4 Å². The van der Waals surface area contributed by atoms with Gasteiger partial charge in [0.1, 0.15) is 0 Å². The third-order valence-electron chi connectivity index (χ3n) is 2.65. The quantitative estimate of drug-likeness (QED) is 0.845. The van der Waals surface area contributed by atoms with Crippen molar-refractivity contribution in [3.63, 3.8) is 0 Å². The summed E-state index contributed by atoms with van der Waals surface area (Å²) in [6, 6.07) is 8.23. The summed E-state index contributed by atoms with van der Waals surface area (Å²) in [5.74, 6) is 0.0216. The van der Waals surface area contributed by atoms with Crippen molar-refractivity contribution >= 4 is 34.7 Å². The van der Waals surface area contributed by atoms with E-state index in [1.165, 1.54) is 0 Å². The molecule has 1 aromatic heterocycles. The van der Waals surface area contributed by atoms with Crippen LogP contribution in [0.4, 0.5) is 17.2 Å². The van der Waals surface area contributed by atoms with Crippen LogP contribution in [0.5, 0.6) is 0 Å². The molecule has 0 saturated heterocycles. The minimum absolute atomic E-state index is 0.266. The number of nitrogens with two attached hydrogens (primary N) is 1. The number of hydrogen-bond acceptors (Lipinski definition) is 5. The van der Waals surface area contributed by atoms with E-state index in [2.05, 4.69) is 15.5 Å². The summed E-state index contributed by atoms with van der Waals surface area (Å²) in [7, 11) is 3.77. The molecule has 2 aromatic rings. The van der Waals surface area contributed by atoms with Crippen LogP contribution in [0.2, 0.25) is 5.15 Å². The SMILES string of the molecule is CN(C)c1ccc(C(=O)Nc2ccc(Cl)nn2)cc1N. The van der Waals surface area contributed by atoms with Gasteiger partial charge in [-0.05, 0) is 30.3 Å². The highest BCUT2D eigenvalue weighted by Crippen LogP contribution is 2.22. The molecule has 0 radical (unpaired) electrons. The molecule has 0 saturated carbocycles. The van der Waals surface area contributed by atoms with E-state index < -0.39 is 0 Å². The lowest BCUT2D eigenvalue weighted by atomic mass is 10.1. The molecular formula is C13H14ClN5O. The zero-order valence-electron chi connectivity index (χ0n) is 11.1. The largest absolute Gasteiger partial charge is 0.397 e. The zero-order valence-corrected chi connectivity index (χ0v) is 11.8. The third-order valence-corrected chi connectivity index (χ3v) is 2.85. The zero-order chi connectivity index (χ0) is 14.7. The molecule has 104 valence electrons. The first-order valence-corrected chi connectivity index (χ1v) is 6.22. The summed E-state index contributed by atoms with van der Waals surface area (Å²) >= 11 is 5.63. The van der Waals surface area contributed by atoms with Crippen LogP contribution in [0.25, 0.3) is 0 Å². The van der Waals surface area contributed by atoms with E-state index in [1.54, 1.807) is 30.3 Å². The number of anilines is 3. The van der Waals surface area contributed by atoms with Crippen molar-refractivity contribution < 1.29 is 4.79 Å². The van der Waals surface area contributed by atoms with Crippen LogP contribution >= 0.6 is 11.6 Å². The molecular weight excluding hydrogens is 278 g/mol. The maximum Gasteiger partial charge on any atom is 0.256 e. The summed E-state index contributed by atoms with van der Waals surface area (Å²) in [5.41, 5.74) is 7.74. The number of amides is 1. The summed E-state index contributed by atoms with van der Waals surface area (Å²) in [6.07, 6.45) is 0. The fraction of sp³-hybridized carbons (Fsp3) is 0.154. The number of hydrogen-bond donors (Lipinski definition) is 2. The first-order valence-electron chi connectivity index (χ1n) is 5.85. The molecule has 2 rings (SSSR count). The van der Waals surface area contributed by atoms with Gasteiger partial charge in [-0.25, -0.2) is 0 Å². The molecule has 0 fully saturated rings. The number of halogens is 1. The smallest absolute Gasteiger partial charge is 0.256 e. The van der Waals surface area contributed by atoms with Crippen LogP contribution in [0.3, 0.4) is 0 Å². The van der Waals surface area contributed by atoms with Gasteiger partial charge in [-0.3, -0.25) is 4.79 Å². The Morgan fingerprint density at radius 2 is 2.00 bits per heavy atom. The third kappa shape index (κ3) is 3.16. The van der Waals surface area contributed by atoms with E-state index >= 15 is 0 Å². The summed E-state index contributed by atoms with van der Waals surface area (Å²) in [5, 5.41) is 10.3. The van der Waals surface area contributed by atoms with Crippen LogP contribution in [0.15, 0.2) is 30.3 Å². The van der Waals surface area contributed by atoms with Gasteiger partial charge in [-0.15, -0.1) is 10.2 Å². The molecule has 0 atom stereocenters. The topological polar surface area (TPSA) is 84.1 Å². The predicted octanol–water partition coefficient (Wildman–Crippen LogP) is 2.03. The van der Waals surface area contributed by atoms with Gasteiger partial charge in [0.2, 0.25) is 0 Å². The summed E-state index contributed by atoms with van der Waals surface area (Å²) in [4.78, 5) is 13.9. The first kappa shape index (κ1) is 14.1. The molecule has 0 bridgehead atoms. The number of aromatic nitrogens is 2. The molecule has 6 nitrogen and oxygen atoms in total. The van der Waals surface area contributed by atoms with Gasteiger partial charge in [-0.2, -0.15) is 0 Å². The highest BCUT2D eigenvalue weighted by atomic mass is 35.5. The van der Waals surface area contributed by atoms with Gasteiger partial charge >= 0.3 is 0 Å². The number of rotatable bonds is 3. The Balaban J connectivity index is 2.17. The molecule has 0 aliphatic carbocycles. The lowest BCUT2D eigenvalue weighted by Gasteiger charge is -2.15. The lowest BCUT2D eigenvalue weighted by molar-refractivity contribution is 0.102. The minimum atomic E-state index is -0.307. The fourth-order valence-corrected chi connectivity index (χ4v) is 1.77. The van der Waals surface area contributed by atoms with Crippen molar-refractivity contribution in [2.45, 2.75) is 0 Å². The summed E-state index contributed by atoms with van der Waals surface area (Å²) in [6.45, 7) is 0. The van der Waals surface area contributed by atoms with Crippen molar-refractivity contribution in [3.05, 3.63) is 41.0 Å². The highest BCUT2D eigenvalue weighted by molar-refractivity contribution is 6.29. The Kier molecular flexibility index (Phi) is 4.05. The van der Waals surface area contributed by atoms with E-state index in [0.717, 1.165) is 5.69 Å².